The average molecular weight is 685 g/mol. The maximum Gasteiger partial charge on any atom is 0.348 e. The molecule has 17 heteroatoms. The van der Waals surface area contributed by atoms with E-state index in [4.69, 9.17) is 9.47 Å². The topological polar surface area (TPSA) is 185 Å². The Kier molecular flexibility index (Phi) is 11.4. The molecule has 1 atom stereocenters. The van der Waals surface area contributed by atoms with Crippen LogP contribution in [0.1, 0.15) is 62.5 Å². The minimum absolute atomic E-state index is 0.0378. The van der Waals surface area contributed by atoms with Gasteiger partial charge in [0.25, 0.3) is 11.6 Å². The van der Waals surface area contributed by atoms with E-state index in [0.29, 0.717) is 11.3 Å². The third-order valence-electron chi connectivity index (χ3n) is 6.49. The highest BCUT2D eigenvalue weighted by Gasteiger charge is 2.29. The zero-order valence-corrected chi connectivity index (χ0v) is 27.2. The van der Waals surface area contributed by atoms with Gasteiger partial charge in [-0.3, -0.25) is 24.3 Å². The molecule has 2 heterocycles. The van der Waals surface area contributed by atoms with Crippen molar-refractivity contribution >= 4 is 57.5 Å². The van der Waals surface area contributed by atoms with Gasteiger partial charge in [0.15, 0.2) is 11.0 Å². The molecule has 1 unspecified atom stereocenters. The predicted octanol–water partition coefficient (Wildman–Crippen LogP) is 5.09. The molecule has 47 heavy (non-hydrogen) atoms. The largest absolute Gasteiger partial charge is 0.462 e. The van der Waals surface area contributed by atoms with Gasteiger partial charge in [-0.1, -0.05) is 17.8 Å². The van der Waals surface area contributed by atoms with Gasteiger partial charge in [-0.05, 0) is 63.6 Å². The molecule has 2 aromatic heterocycles. The fourth-order valence-electron chi connectivity index (χ4n) is 4.23. The second-order valence-corrected chi connectivity index (χ2v) is 12.0. The van der Waals surface area contributed by atoms with Crippen LogP contribution in [0, 0.1) is 22.9 Å². The Morgan fingerprint density at radius 1 is 1.06 bits per heavy atom. The zero-order valence-electron chi connectivity index (χ0n) is 25.6. The Labute approximate surface area is 275 Å². The van der Waals surface area contributed by atoms with Gasteiger partial charge >= 0.3 is 11.9 Å². The zero-order chi connectivity index (χ0) is 34.2. The van der Waals surface area contributed by atoms with Crippen LogP contribution in [0.5, 0.6) is 0 Å². The number of nitro groups is 1. The number of non-ortho nitro benzene ring substituents is 1. The van der Waals surface area contributed by atoms with E-state index in [2.05, 4.69) is 20.8 Å². The number of ether oxygens (including phenoxy) is 2. The van der Waals surface area contributed by atoms with Gasteiger partial charge in [-0.2, -0.15) is 0 Å². The van der Waals surface area contributed by atoms with E-state index in [1.165, 1.54) is 47.0 Å². The van der Waals surface area contributed by atoms with Gasteiger partial charge in [0.05, 0.1) is 35.5 Å². The maximum absolute atomic E-state index is 13.6. The van der Waals surface area contributed by atoms with Crippen LogP contribution in [-0.2, 0) is 20.8 Å². The van der Waals surface area contributed by atoms with E-state index in [9.17, 15) is 33.7 Å². The highest BCUT2D eigenvalue weighted by atomic mass is 32.2. The lowest BCUT2D eigenvalue weighted by Crippen LogP contribution is -2.25. The molecule has 0 fully saturated rings. The first-order valence-electron chi connectivity index (χ1n) is 14.1. The van der Waals surface area contributed by atoms with Crippen molar-refractivity contribution in [1.29, 1.82) is 0 Å². The number of carbonyl (C=O) groups is 4. The fourth-order valence-corrected chi connectivity index (χ4v) is 6.21. The number of thiophene rings is 1. The molecule has 0 spiro atoms. The summed E-state index contributed by atoms with van der Waals surface area (Å²) in [5.41, 5.74) is 0.684. The fraction of sp³-hybridized carbons (Fsp3) is 0.267. The summed E-state index contributed by atoms with van der Waals surface area (Å²) in [5.74, 6) is -2.84. The molecule has 14 nitrogen and oxygen atoms in total. The first-order valence-corrected chi connectivity index (χ1v) is 15.8. The SMILES string of the molecule is CCOC(=O)c1sc(NC(=O)C(C)Sc2nnc(CNC(=O)c3cccc(F)c3)n2-c2ccc([N+](=O)[O-])cc2)c(C(=O)OCC)c1C. The summed E-state index contributed by atoms with van der Waals surface area (Å²) in [5, 5.41) is 24.4. The molecule has 0 saturated heterocycles. The molecule has 246 valence electrons. The Bertz CT molecular complexity index is 1830. The number of esters is 2. The normalized spacial score (nSPS) is 11.4. The minimum Gasteiger partial charge on any atom is -0.462 e. The van der Waals surface area contributed by atoms with Gasteiger partial charge in [0.1, 0.15) is 15.7 Å². The first kappa shape index (κ1) is 34.7. The third kappa shape index (κ3) is 8.17. The van der Waals surface area contributed by atoms with E-state index < -0.39 is 39.7 Å². The number of hydrogen-bond acceptors (Lipinski definition) is 12. The number of benzene rings is 2. The van der Waals surface area contributed by atoms with E-state index in [-0.39, 0.29) is 57.4 Å². The smallest absolute Gasteiger partial charge is 0.348 e. The molecular formula is C30H29FN6O8S2. The molecule has 0 aliphatic carbocycles. The van der Waals surface area contributed by atoms with Crippen molar-refractivity contribution in [2.24, 2.45) is 0 Å². The van der Waals surface area contributed by atoms with Crippen LogP contribution in [0.2, 0.25) is 0 Å². The van der Waals surface area contributed by atoms with Gasteiger partial charge in [0.2, 0.25) is 5.91 Å². The van der Waals surface area contributed by atoms with Crippen molar-refractivity contribution in [1.82, 2.24) is 20.1 Å². The number of halogens is 1. The molecule has 0 aliphatic heterocycles. The van der Waals surface area contributed by atoms with Crippen LogP contribution in [0.4, 0.5) is 15.1 Å². The number of anilines is 1. The van der Waals surface area contributed by atoms with Crippen LogP contribution in [0.15, 0.2) is 53.7 Å². The van der Waals surface area contributed by atoms with Crippen molar-refractivity contribution in [2.75, 3.05) is 18.5 Å². The lowest BCUT2D eigenvalue weighted by molar-refractivity contribution is -0.384. The molecule has 4 rings (SSSR count). The van der Waals surface area contributed by atoms with E-state index in [1.807, 2.05) is 0 Å². The molecule has 0 saturated carbocycles. The van der Waals surface area contributed by atoms with Crippen LogP contribution < -0.4 is 10.6 Å². The summed E-state index contributed by atoms with van der Waals surface area (Å²) >= 11 is 1.87. The van der Waals surface area contributed by atoms with Gasteiger partial charge < -0.3 is 20.1 Å². The summed E-state index contributed by atoms with van der Waals surface area (Å²) in [4.78, 5) is 62.2. The van der Waals surface area contributed by atoms with Crippen molar-refractivity contribution in [3.63, 3.8) is 0 Å². The van der Waals surface area contributed by atoms with Crippen LogP contribution in [0.25, 0.3) is 5.69 Å². The van der Waals surface area contributed by atoms with Gasteiger partial charge in [-0.25, -0.2) is 14.0 Å². The number of nitrogens with one attached hydrogen (secondary N) is 2. The second-order valence-electron chi connectivity index (χ2n) is 9.65. The molecule has 4 aromatic rings. The lowest BCUT2D eigenvalue weighted by Gasteiger charge is -2.14. The Morgan fingerprint density at radius 2 is 1.74 bits per heavy atom. The quantitative estimate of drug-likeness (QED) is 0.0828. The van der Waals surface area contributed by atoms with Crippen molar-refractivity contribution in [2.45, 2.75) is 44.6 Å². The standard InChI is InChI=1S/C30H29FN6O8S2/c1-5-44-28(40)23-16(3)24(29(41)45-6-2)47-27(23)33-25(38)17(4)46-30-35-34-22(15-32-26(39)18-8-7-9-19(31)14-18)36(30)20-10-12-21(13-11-20)37(42)43/h7-14,17H,5-6,15H2,1-4H3,(H,32,39)(H,33,38). The van der Waals surface area contributed by atoms with E-state index in [1.54, 1.807) is 27.7 Å². The van der Waals surface area contributed by atoms with E-state index >= 15 is 0 Å². The molecule has 2 aromatic carbocycles. The second kappa shape index (κ2) is 15.4. The molecule has 2 N–H and O–H groups in total. The Hall–Kier alpha value is -5.16. The maximum atomic E-state index is 13.6. The molecule has 0 radical (unpaired) electrons. The van der Waals surface area contributed by atoms with Crippen molar-refractivity contribution in [3.05, 3.63) is 91.9 Å². The third-order valence-corrected chi connectivity index (χ3v) is 8.72. The molecular weight excluding hydrogens is 655 g/mol. The molecule has 2 amide bonds. The monoisotopic (exact) mass is 684 g/mol. The first-order chi connectivity index (χ1) is 22.4. The summed E-state index contributed by atoms with van der Waals surface area (Å²) in [6, 6.07) is 10.6. The number of aromatic nitrogens is 3. The number of nitrogens with zero attached hydrogens (tertiary/aromatic N) is 4. The predicted molar refractivity (Wildman–Crippen MR) is 171 cm³/mol. The lowest BCUT2D eigenvalue weighted by atomic mass is 10.1. The number of thioether (sulfide) groups is 1. The summed E-state index contributed by atoms with van der Waals surface area (Å²) in [7, 11) is 0. The van der Waals surface area contributed by atoms with Gasteiger partial charge in [0, 0.05) is 23.4 Å². The Morgan fingerprint density at radius 3 is 2.38 bits per heavy atom. The minimum atomic E-state index is -0.853. The number of hydrogen-bond donors (Lipinski definition) is 2. The number of amides is 2. The summed E-state index contributed by atoms with van der Waals surface area (Å²) < 4.78 is 25.4. The highest BCUT2D eigenvalue weighted by molar-refractivity contribution is 8.00. The number of nitro benzene ring substituents is 1. The summed E-state index contributed by atoms with van der Waals surface area (Å²) in [6.07, 6.45) is 0. The Balaban J connectivity index is 1.61. The van der Waals surface area contributed by atoms with Crippen LogP contribution >= 0.6 is 23.1 Å². The van der Waals surface area contributed by atoms with Crippen LogP contribution in [-0.4, -0.2) is 61.9 Å². The molecule has 0 bridgehead atoms. The summed E-state index contributed by atoms with van der Waals surface area (Å²) in [6.45, 7) is 6.45. The number of rotatable bonds is 13. The van der Waals surface area contributed by atoms with E-state index in [0.717, 1.165) is 29.2 Å². The number of carbonyl (C=O) groups excluding carboxylic acids is 4. The van der Waals surface area contributed by atoms with Crippen molar-refractivity contribution in [3.8, 4) is 5.69 Å². The highest BCUT2D eigenvalue weighted by Crippen LogP contribution is 2.35. The molecule has 0 aliphatic rings. The van der Waals surface area contributed by atoms with Crippen LogP contribution in [0.3, 0.4) is 0 Å². The van der Waals surface area contributed by atoms with Gasteiger partial charge in [-0.15, -0.1) is 21.5 Å². The average Bonchev–Trinajstić information content (AvgIpc) is 3.59. The van der Waals surface area contributed by atoms with Crippen molar-refractivity contribution < 1.29 is 38.0 Å².